The van der Waals surface area contributed by atoms with Gasteiger partial charge in [-0.3, -0.25) is 4.79 Å². The normalized spacial score (nSPS) is 12.2. The standard InChI is InChI=1S/C12H18N2O3S/c1-12(2,11(13)15)8-14-9-4-6-10(7-5-9)18(3,16)17/h4-7,14H,8H2,1-3H3,(H2,13,15). The van der Waals surface area contributed by atoms with E-state index in [1.165, 1.54) is 12.1 Å². The van der Waals surface area contributed by atoms with Crippen LogP contribution in [0, 0.1) is 5.41 Å². The molecule has 0 atom stereocenters. The molecule has 0 saturated heterocycles. The fourth-order valence-electron chi connectivity index (χ4n) is 1.23. The van der Waals surface area contributed by atoms with E-state index < -0.39 is 15.3 Å². The first-order chi connectivity index (χ1) is 8.13. The molecule has 1 rings (SSSR count). The fourth-order valence-corrected chi connectivity index (χ4v) is 1.86. The minimum Gasteiger partial charge on any atom is -0.384 e. The van der Waals surface area contributed by atoms with Gasteiger partial charge in [0.05, 0.1) is 10.3 Å². The van der Waals surface area contributed by atoms with Gasteiger partial charge in [0.15, 0.2) is 9.84 Å². The second-order valence-corrected chi connectivity index (χ2v) is 6.91. The third-order valence-electron chi connectivity index (χ3n) is 2.68. The second-order valence-electron chi connectivity index (χ2n) is 4.90. The molecule has 100 valence electrons. The lowest BCUT2D eigenvalue weighted by Gasteiger charge is -2.21. The van der Waals surface area contributed by atoms with Gasteiger partial charge in [0.1, 0.15) is 0 Å². The van der Waals surface area contributed by atoms with Gasteiger partial charge in [-0.15, -0.1) is 0 Å². The summed E-state index contributed by atoms with van der Waals surface area (Å²) in [6.07, 6.45) is 1.16. The predicted molar refractivity (Wildman–Crippen MR) is 71.0 cm³/mol. The molecule has 3 N–H and O–H groups in total. The maximum absolute atomic E-state index is 11.3. The maximum atomic E-state index is 11.3. The minimum absolute atomic E-state index is 0.266. The summed E-state index contributed by atoms with van der Waals surface area (Å²) in [7, 11) is -3.18. The van der Waals surface area contributed by atoms with Gasteiger partial charge in [-0.2, -0.15) is 0 Å². The molecule has 0 spiro atoms. The number of nitrogens with two attached hydrogens (primary N) is 1. The summed E-state index contributed by atoms with van der Waals surface area (Å²) in [5, 5.41) is 3.05. The lowest BCUT2D eigenvalue weighted by atomic mass is 9.93. The van der Waals surface area contributed by atoms with E-state index in [0.29, 0.717) is 6.54 Å². The summed E-state index contributed by atoms with van der Waals surface area (Å²) in [4.78, 5) is 11.4. The number of anilines is 1. The van der Waals surface area contributed by atoms with E-state index in [0.717, 1.165) is 11.9 Å². The zero-order chi connectivity index (χ0) is 14.0. The van der Waals surface area contributed by atoms with Crippen molar-refractivity contribution >= 4 is 21.4 Å². The molecule has 0 aliphatic rings. The largest absolute Gasteiger partial charge is 0.384 e. The second kappa shape index (κ2) is 4.97. The average Bonchev–Trinajstić information content (AvgIpc) is 2.25. The summed E-state index contributed by atoms with van der Waals surface area (Å²) in [5.41, 5.74) is 5.35. The Morgan fingerprint density at radius 3 is 2.17 bits per heavy atom. The molecular weight excluding hydrogens is 252 g/mol. The van der Waals surface area contributed by atoms with Crippen molar-refractivity contribution in [2.75, 3.05) is 18.1 Å². The van der Waals surface area contributed by atoms with Crippen LogP contribution in [0.4, 0.5) is 5.69 Å². The Labute approximate surface area is 107 Å². The monoisotopic (exact) mass is 270 g/mol. The molecule has 0 aromatic heterocycles. The van der Waals surface area contributed by atoms with Crippen LogP contribution in [0.15, 0.2) is 29.2 Å². The molecule has 0 aliphatic carbocycles. The Morgan fingerprint density at radius 1 is 1.28 bits per heavy atom. The molecule has 0 fully saturated rings. The van der Waals surface area contributed by atoms with Crippen molar-refractivity contribution in [1.82, 2.24) is 0 Å². The van der Waals surface area contributed by atoms with E-state index in [4.69, 9.17) is 5.73 Å². The molecule has 1 amide bonds. The molecule has 0 aliphatic heterocycles. The van der Waals surface area contributed by atoms with Crippen molar-refractivity contribution < 1.29 is 13.2 Å². The van der Waals surface area contributed by atoms with Crippen LogP contribution >= 0.6 is 0 Å². The highest BCUT2D eigenvalue weighted by molar-refractivity contribution is 7.90. The quantitative estimate of drug-likeness (QED) is 0.835. The Bertz CT molecular complexity index is 533. The number of primary amides is 1. The van der Waals surface area contributed by atoms with Gasteiger partial charge in [-0.25, -0.2) is 8.42 Å². The molecule has 6 heteroatoms. The van der Waals surface area contributed by atoms with E-state index in [2.05, 4.69) is 5.32 Å². The van der Waals surface area contributed by atoms with Gasteiger partial charge in [0.2, 0.25) is 5.91 Å². The highest BCUT2D eigenvalue weighted by atomic mass is 32.2. The SMILES string of the molecule is CC(C)(CNc1ccc(S(C)(=O)=O)cc1)C(N)=O. The van der Waals surface area contributed by atoms with Crippen molar-refractivity contribution in [3.8, 4) is 0 Å². The fraction of sp³-hybridized carbons (Fsp3) is 0.417. The summed E-state index contributed by atoms with van der Waals surface area (Å²) < 4.78 is 22.5. The lowest BCUT2D eigenvalue weighted by Crippen LogP contribution is -2.37. The van der Waals surface area contributed by atoms with Crippen molar-refractivity contribution in [2.45, 2.75) is 18.7 Å². The number of rotatable bonds is 5. The molecule has 0 saturated carbocycles. The Morgan fingerprint density at radius 2 is 1.78 bits per heavy atom. The van der Waals surface area contributed by atoms with Gasteiger partial charge in [-0.05, 0) is 38.1 Å². The zero-order valence-electron chi connectivity index (χ0n) is 10.7. The summed E-state index contributed by atoms with van der Waals surface area (Å²) in [6.45, 7) is 3.88. The van der Waals surface area contributed by atoms with Crippen LogP contribution in [0.1, 0.15) is 13.8 Å². The van der Waals surface area contributed by atoms with E-state index in [9.17, 15) is 13.2 Å². The van der Waals surface area contributed by atoms with Crippen molar-refractivity contribution in [2.24, 2.45) is 11.1 Å². The minimum atomic E-state index is -3.18. The molecule has 0 unspecified atom stereocenters. The first-order valence-electron chi connectivity index (χ1n) is 5.47. The summed E-state index contributed by atoms with van der Waals surface area (Å²) in [5.74, 6) is -0.386. The summed E-state index contributed by atoms with van der Waals surface area (Å²) in [6, 6.07) is 6.37. The van der Waals surface area contributed by atoms with Crippen molar-refractivity contribution in [3.05, 3.63) is 24.3 Å². The predicted octanol–water partition coefficient (Wildman–Crippen LogP) is 1.01. The smallest absolute Gasteiger partial charge is 0.224 e. The van der Waals surface area contributed by atoms with Gasteiger partial charge < -0.3 is 11.1 Å². The molecule has 1 aromatic rings. The summed E-state index contributed by atoms with van der Waals surface area (Å²) >= 11 is 0. The van der Waals surface area contributed by atoms with Crippen LogP contribution in [0.25, 0.3) is 0 Å². The van der Waals surface area contributed by atoms with Crippen molar-refractivity contribution in [1.29, 1.82) is 0 Å². The van der Waals surface area contributed by atoms with Gasteiger partial charge in [0, 0.05) is 18.5 Å². The van der Waals surface area contributed by atoms with Crippen LogP contribution in [0.3, 0.4) is 0 Å². The molecule has 1 aromatic carbocycles. The Hall–Kier alpha value is -1.56. The topological polar surface area (TPSA) is 89.3 Å². The Kier molecular flexibility index (Phi) is 4.01. The van der Waals surface area contributed by atoms with E-state index in [-0.39, 0.29) is 10.8 Å². The number of amides is 1. The number of hydrogen-bond acceptors (Lipinski definition) is 4. The van der Waals surface area contributed by atoms with Crippen LogP contribution in [0.2, 0.25) is 0 Å². The molecule has 0 radical (unpaired) electrons. The number of carbonyl (C=O) groups is 1. The molecule has 5 nitrogen and oxygen atoms in total. The van der Waals surface area contributed by atoms with Crippen LogP contribution < -0.4 is 11.1 Å². The number of carbonyl (C=O) groups excluding carboxylic acids is 1. The Balaban J connectivity index is 2.74. The molecular formula is C12H18N2O3S. The molecule has 0 heterocycles. The van der Waals surface area contributed by atoms with Crippen LogP contribution in [-0.2, 0) is 14.6 Å². The van der Waals surface area contributed by atoms with E-state index in [1.807, 2.05) is 0 Å². The maximum Gasteiger partial charge on any atom is 0.224 e. The highest BCUT2D eigenvalue weighted by Gasteiger charge is 2.24. The number of hydrogen-bond donors (Lipinski definition) is 2. The third kappa shape index (κ3) is 3.73. The highest BCUT2D eigenvalue weighted by Crippen LogP contribution is 2.18. The van der Waals surface area contributed by atoms with E-state index in [1.54, 1.807) is 26.0 Å². The lowest BCUT2D eigenvalue weighted by molar-refractivity contribution is -0.125. The van der Waals surface area contributed by atoms with E-state index >= 15 is 0 Å². The van der Waals surface area contributed by atoms with Gasteiger partial charge in [-0.1, -0.05) is 0 Å². The van der Waals surface area contributed by atoms with Crippen LogP contribution in [0.5, 0.6) is 0 Å². The van der Waals surface area contributed by atoms with Crippen LogP contribution in [-0.4, -0.2) is 27.1 Å². The van der Waals surface area contributed by atoms with Crippen molar-refractivity contribution in [3.63, 3.8) is 0 Å². The number of nitrogens with one attached hydrogen (secondary N) is 1. The first-order valence-corrected chi connectivity index (χ1v) is 7.36. The number of sulfone groups is 1. The zero-order valence-corrected chi connectivity index (χ0v) is 11.5. The third-order valence-corrected chi connectivity index (χ3v) is 3.81. The van der Waals surface area contributed by atoms with Gasteiger partial charge in [0.25, 0.3) is 0 Å². The van der Waals surface area contributed by atoms with Gasteiger partial charge >= 0.3 is 0 Å². The average molecular weight is 270 g/mol. The molecule has 0 bridgehead atoms. The molecule has 18 heavy (non-hydrogen) atoms. The first kappa shape index (κ1) is 14.5. The number of benzene rings is 1.